The fourth-order valence-electron chi connectivity index (χ4n) is 1.61. The van der Waals surface area contributed by atoms with Gasteiger partial charge in [-0.15, -0.1) is 0 Å². The molecule has 0 aliphatic carbocycles. The summed E-state index contributed by atoms with van der Waals surface area (Å²) in [5.41, 5.74) is 6.88. The third kappa shape index (κ3) is 1.66. The summed E-state index contributed by atoms with van der Waals surface area (Å²) in [6.45, 7) is 0.363. The molecule has 1 aliphatic heterocycles. The Kier molecular flexibility index (Phi) is 2.32. The summed E-state index contributed by atoms with van der Waals surface area (Å²) in [6.07, 6.45) is 0. The number of nitrogens with two attached hydrogens (primary N) is 1. The molecule has 0 spiro atoms. The van der Waals surface area contributed by atoms with Crippen LogP contribution in [0.15, 0.2) is 18.2 Å². The Labute approximate surface area is 86.9 Å². The average Bonchev–Trinajstić information content (AvgIpc) is 2.32. The first kappa shape index (κ1) is 9.92. The zero-order chi connectivity index (χ0) is 11.0. The number of amides is 1. The molecule has 0 radical (unpaired) electrons. The van der Waals surface area contributed by atoms with Crippen molar-refractivity contribution in [2.45, 2.75) is 6.04 Å². The minimum Gasteiger partial charge on any atom is -0.381 e. The zero-order valence-corrected chi connectivity index (χ0v) is 8.33. The summed E-state index contributed by atoms with van der Waals surface area (Å²) < 4.78 is 13.0. The number of halogens is 1. The minimum absolute atomic E-state index is 0.216. The van der Waals surface area contributed by atoms with Crippen molar-refractivity contribution in [2.75, 3.05) is 23.8 Å². The monoisotopic (exact) mass is 209 g/mol. The number of fused-ring (bicyclic) bond motifs is 1. The normalized spacial score (nSPS) is 20.6. The Balaban J connectivity index is 2.48. The molecule has 15 heavy (non-hydrogen) atoms. The molecule has 0 aromatic heterocycles. The molecule has 1 atom stereocenters. The molecule has 1 aromatic carbocycles. The number of hydrogen-bond donors (Lipinski definition) is 2. The quantitative estimate of drug-likeness (QED) is 0.655. The second kappa shape index (κ2) is 3.51. The fraction of sp³-hybridized carbons (Fsp3) is 0.300. The van der Waals surface area contributed by atoms with Crippen molar-refractivity contribution in [3.05, 3.63) is 24.0 Å². The Hall–Kier alpha value is -1.62. The Morgan fingerprint density at radius 1 is 1.60 bits per heavy atom. The molecule has 0 saturated heterocycles. The van der Waals surface area contributed by atoms with E-state index in [0.717, 1.165) is 5.69 Å². The van der Waals surface area contributed by atoms with Gasteiger partial charge in [0.05, 0.1) is 11.4 Å². The Bertz CT molecular complexity index is 408. The highest BCUT2D eigenvalue weighted by Gasteiger charge is 2.25. The summed E-state index contributed by atoms with van der Waals surface area (Å²) in [5, 5.41) is 3.01. The molecule has 2 rings (SSSR count). The molecule has 5 heteroatoms. The van der Waals surface area contributed by atoms with E-state index < -0.39 is 6.04 Å². The summed E-state index contributed by atoms with van der Waals surface area (Å²) in [4.78, 5) is 13.0. The second-order valence-corrected chi connectivity index (χ2v) is 3.55. The molecule has 4 nitrogen and oxygen atoms in total. The number of likely N-dealkylation sites (N-methyl/N-ethyl adjacent to an activating group) is 1. The van der Waals surface area contributed by atoms with Crippen molar-refractivity contribution in [1.82, 2.24) is 0 Å². The molecule has 0 saturated carbocycles. The molecule has 1 heterocycles. The molecule has 0 unspecified atom stereocenters. The maximum absolute atomic E-state index is 13.0. The Morgan fingerprint density at radius 3 is 3.07 bits per heavy atom. The van der Waals surface area contributed by atoms with Crippen LogP contribution in [0.25, 0.3) is 0 Å². The predicted molar refractivity (Wildman–Crippen MR) is 56.3 cm³/mol. The molecule has 0 fully saturated rings. The SMILES string of the molecule is CN1C(=O)[C@H](N)CNc2ccc(F)cc21. The Morgan fingerprint density at radius 2 is 2.33 bits per heavy atom. The summed E-state index contributed by atoms with van der Waals surface area (Å²) in [7, 11) is 1.59. The van der Waals surface area contributed by atoms with Crippen LogP contribution in [0.1, 0.15) is 0 Å². The molecule has 80 valence electrons. The van der Waals surface area contributed by atoms with Crippen LogP contribution in [-0.4, -0.2) is 25.5 Å². The van der Waals surface area contributed by atoms with Gasteiger partial charge in [0.25, 0.3) is 0 Å². The van der Waals surface area contributed by atoms with E-state index in [2.05, 4.69) is 5.32 Å². The van der Waals surface area contributed by atoms with Gasteiger partial charge in [-0.3, -0.25) is 4.79 Å². The van der Waals surface area contributed by atoms with Crippen molar-refractivity contribution < 1.29 is 9.18 Å². The summed E-state index contributed by atoms with van der Waals surface area (Å²) >= 11 is 0. The number of benzene rings is 1. The van der Waals surface area contributed by atoms with Gasteiger partial charge in [0.2, 0.25) is 5.91 Å². The van der Waals surface area contributed by atoms with E-state index in [4.69, 9.17) is 5.73 Å². The largest absolute Gasteiger partial charge is 0.381 e. The first-order valence-electron chi connectivity index (χ1n) is 4.66. The number of nitrogens with zero attached hydrogens (tertiary/aromatic N) is 1. The number of nitrogens with one attached hydrogen (secondary N) is 1. The van der Waals surface area contributed by atoms with E-state index >= 15 is 0 Å². The molecule has 0 bridgehead atoms. The molecule has 1 aromatic rings. The van der Waals surface area contributed by atoms with E-state index in [1.807, 2.05) is 0 Å². The van der Waals surface area contributed by atoms with Gasteiger partial charge in [0, 0.05) is 13.6 Å². The van der Waals surface area contributed by atoms with E-state index in [-0.39, 0.29) is 11.7 Å². The van der Waals surface area contributed by atoms with Crippen molar-refractivity contribution >= 4 is 17.3 Å². The van der Waals surface area contributed by atoms with Gasteiger partial charge in [0.15, 0.2) is 0 Å². The van der Waals surface area contributed by atoms with E-state index in [0.29, 0.717) is 12.2 Å². The average molecular weight is 209 g/mol. The van der Waals surface area contributed by atoms with Gasteiger partial charge < -0.3 is 16.0 Å². The second-order valence-electron chi connectivity index (χ2n) is 3.55. The van der Waals surface area contributed by atoms with Crippen molar-refractivity contribution in [2.24, 2.45) is 5.73 Å². The fourth-order valence-corrected chi connectivity index (χ4v) is 1.61. The summed E-state index contributed by atoms with van der Waals surface area (Å²) in [5.74, 6) is -0.586. The molecule has 1 aliphatic rings. The third-order valence-corrected chi connectivity index (χ3v) is 2.48. The van der Waals surface area contributed by atoms with Crippen LogP contribution < -0.4 is 16.0 Å². The van der Waals surface area contributed by atoms with Crippen LogP contribution in [-0.2, 0) is 4.79 Å². The number of hydrogen-bond acceptors (Lipinski definition) is 3. The highest BCUT2D eigenvalue weighted by Crippen LogP contribution is 2.28. The van der Waals surface area contributed by atoms with E-state index in [1.54, 1.807) is 13.1 Å². The van der Waals surface area contributed by atoms with Crippen LogP contribution >= 0.6 is 0 Å². The minimum atomic E-state index is -0.592. The lowest BCUT2D eigenvalue weighted by Gasteiger charge is -2.18. The number of anilines is 2. The lowest BCUT2D eigenvalue weighted by atomic mass is 10.2. The molecule has 1 amide bonds. The molecular weight excluding hydrogens is 197 g/mol. The number of carbonyl (C=O) groups is 1. The molecular formula is C10H12FN3O. The highest BCUT2D eigenvalue weighted by molar-refractivity contribution is 6.01. The van der Waals surface area contributed by atoms with Crippen LogP contribution in [0, 0.1) is 5.82 Å². The van der Waals surface area contributed by atoms with Crippen molar-refractivity contribution in [3.8, 4) is 0 Å². The maximum atomic E-state index is 13.0. The zero-order valence-electron chi connectivity index (χ0n) is 8.33. The van der Waals surface area contributed by atoms with E-state index in [1.165, 1.54) is 17.0 Å². The standard InChI is InChI=1S/C10H12FN3O/c1-14-9-4-6(11)2-3-8(9)13-5-7(12)10(14)15/h2-4,7,13H,5,12H2,1H3/t7-/m1/s1. The maximum Gasteiger partial charge on any atom is 0.245 e. The van der Waals surface area contributed by atoms with E-state index in [9.17, 15) is 9.18 Å². The van der Waals surface area contributed by atoms with Gasteiger partial charge in [-0.2, -0.15) is 0 Å². The van der Waals surface area contributed by atoms with Gasteiger partial charge >= 0.3 is 0 Å². The van der Waals surface area contributed by atoms with Gasteiger partial charge in [-0.05, 0) is 18.2 Å². The third-order valence-electron chi connectivity index (χ3n) is 2.48. The lowest BCUT2D eigenvalue weighted by molar-refractivity contribution is -0.119. The first-order valence-corrected chi connectivity index (χ1v) is 4.66. The lowest BCUT2D eigenvalue weighted by Crippen LogP contribution is -2.43. The first-order chi connectivity index (χ1) is 7.09. The smallest absolute Gasteiger partial charge is 0.245 e. The highest BCUT2D eigenvalue weighted by atomic mass is 19.1. The van der Waals surface area contributed by atoms with Crippen LogP contribution in [0.4, 0.5) is 15.8 Å². The van der Waals surface area contributed by atoms with Gasteiger partial charge in [-0.25, -0.2) is 4.39 Å². The van der Waals surface area contributed by atoms with Gasteiger partial charge in [-0.1, -0.05) is 0 Å². The van der Waals surface area contributed by atoms with Crippen molar-refractivity contribution in [1.29, 1.82) is 0 Å². The predicted octanol–water partition coefficient (Wildman–Crippen LogP) is 0.541. The van der Waals surface area contributed by atoms with Crippen LogP contribution in [0.2, 0.25) is 0 Å². The molecule has 3 N–H and O–H groups in total. The van der Waals surface area contributed by atoms with Gasteiger partial charge in [0.1, 0.15) is 11.9 Å². The topological polar surface area (TPSA) is 58.4 Å². The van der Waals surface area contributed by atoms with Crippen molar-refractivity contribution in [3.63, 3.8) is 0 Å². The van der Waals surface area contributed by atoms with Crippen LogP contribution in [0.3, 0.4) is 0 Å². The van der Waals surface area contributed by atoms with Crippen LogP contribution in [0.5, 0.6) is 0 Å². The number of carbonyl (C=O) groups excluding carboxylic acids is 1. The summed E-state index contributed by atoms with van der Waals surface area (Å²) in [6, 6.07) is 3.68. The number of rotatable bonds is 0.